The zero-order valence-corrected chi connectivity index (χ0v) is 12.3. The molecule has 1 heterocycles. The standard InChI is InChI=1S/C16H29NO2/c1-2-19-15-10-14(16(15)7-4-3-5-8-16)17-11-13-6-9-18-12-13/h13-15,17H,2-12H2,1H3. The molecule has 3 nitrogen and oxygen atoms in total. The van der Waals surface area contributed by atoms with Gasteiger partial charge in [-0.3, -0.25) is 0 Å². The van der Waals surface area contributed by atoms with E-state index in [1.165, 1.54) is 44.9 Å². The smallest absolute Gasteiger partial charge is 0.0661 e. The van der Waals surface area contributed by atoms with E-state index in [1.807, 2.05) is 0 Å². The van der Waals surface area contributed by atoms with E-state index in [2.05, 4.69) is 12.2 Å². The molecule has 2 aliphatic carbocycles. The zero-order chi connectivity index (χ0) is 13.1. The monoisotopic (exact) mass is 267 g/mol. The van der Waals surface area contributed by atoms with Crippen molar-refractivity contribution in [1.29, 1.82) is 0 Å². The lowest BCUT2D eigenvalue weighted by atomic mass is 9.55. The maximum absolute atomic E-state index is 6.01. The van der Waals surface area contributed by atoms with Gasteiger partial charge in [0.15, 0.2) is 0 Å². The first kappa shape index (κ1) is 13.8. The topological polar surface area (TPSA) is 30.5 Å². The Kier molecular flexibility index (Phi) is 4.45. The van der Waals surface area contributed by atoms with Crippen LogP contribution in [-0.4, -0.2) is 38.5 Å². The summed E-state index contributed by atoms with van der Waals surface area (Å²) in [5.74, 6) is 0.742. The molecule has 3 aliphatic rings. The third-order valence-corrected chi connectivity index (χ3v) is 5.61. The van der Waals surface area contributed by atoms with Gasteiger partial charge in [-0.05, 0) is 38.5 Å². The average molecular weight is 267 g/mol. The van der Waals surface area contributed by atoms with Crippen LogP contribution in [0.3, 0.4) is 0 Å². The largest absolute Gasteiger partial charge is 0.381 e. The highest BCUT2D eigenvalue weighted by atomic mass is 16.5. The Labute approximate surface area is 117 Å². The van der Waals surface area contributed by atoms with Gasteiger partial charge in [0.25, 0.3) is 0 Å². The van der Waals surface area contributed by atoms with Crippen molar-refractivity contribution in [1.82, 2.24) is 5.32 Å². The van der Waals surface area contributed by atoms with Crippen LogP contribution in [0.4, 0.5) is 0 Å². The molecule has 19 heavy (non-hydrogen) atoms. The molecule has 0 aromatic heterocycles. The Morgan fingerprint density at radius 2 is 2.11 bits per heavy atom. The molecule has 0 aromatic rings. The molecule has 2 saturated carbocycles. The molecule has 0 bridgehead atoms. The highest BCUT2D eigenvalue weighted by molar-refractivity contribution is 5.09. The molecule has 1 N–H and O–H groups in total. The molecule has 3 atom stereocenters. The van der Waals surface area contributed by atoms with E-state index in [4.69, 9.17) is 9.47 Å². The Balaban J connectivity index is 1.55. The van der Waals surface area contributed by atoms with Crippen LogP contribution < -0.4 is 5.32 Å². The zero-order valence-electron chi connectivity index (χ0n) is 12.3. The van der Waals surface area contributed by atoms with Gasteiger partial charge < -0.3 is 14.8 Å². The van der Waals surface area contributed by atoms with Crippen LogP contribution >= 0.6 is 0 Å². The number of rotatable bonds is 5. The van der Waals surface area contributed by atoms with E-state index in [1.54, 1.807) is 0 Å². The normalized spacial score (nSPS) is 37.4. The van der Waals surface area contributed by atoms with Crippen molar-refractivity contribution in [3.05, 3.63) is 0 Å². The summed E-state index contributed by atoms with van der Waals surface area (Å²) in [6.45, 7) is 6.07. The molecule has 3 fully saturated rings. The van der Waals surface area contributed by atoms with Crippen molar-refractivity contribution >= 4 is 0 Å². The minimum Gasteiger partial charge on any atom is -0.381 e. The molecule has 110 valence electrons. The molecule has 3 rings (SSSR count). The third kappa shape index (κ3) is 2.70. The predicted molar refractivity (Wildman–Crippen MR) is 76.3 cm³/mol. The van der Waals surface area contributed by atoms with Gasteiger partial charge in [0.1, 0.15) is 0 Å². The summed E-state index contributed by atoms with van der Waals surface area (Å²) >= 11 is 0. The maximum Gasteiger partial charge on any atom is 0.0661 e. The van der Waals surface area contributed by atoms with E-state index in [-0.39, 0.29) is 0 Å². The molecule has 3 unspecified atom stereocenters. The second-order valence-electron chi connectivity index (χ2n) is 6.66. The van der Waals surface area contributed by atoms with Crippen molar-refractivity contribution in [2.45, 2.75) is 64.0 Å². The number of hydrogen-bond acceptors (Lipinski definition) is 3. The van der Waals surface area contributed by atoms with Crippen LogP contribution in [0.15, 0.2) is 0 Å². The van der Waals surface area contributed by atoms with Crippen LogP contribution in [0.25, 0.3) is 0 Å². The van der Waals surface area contributed by atoms with Gasteiger partial charge in [-0.2, -0.15) is 0 Å². The minimum atomic E-state index is 0.466. The summed E-state index contributed by atoms with van der Waals surface area (Å²) in [7, 11) is 0. The van der Waals surface area contributed by atoms with Gasteiger partial charge in [-0.1, -0.05) is 19.3 Å². The van der Waals surface area contributed by atoms with Gasteiger partial charge in [0, 0.05) is 31.2 Å². The predicted octanol–water partition coefficient (Wildman–Crippen LogP) is 2.74. The van der Waals surface area contributed by atoms with Crippen LogP contribution in [0.5, 0.6) is 0 Å². The van der Waals surface area contributed by atoms with Crippen molar-refractivity contribution in [3.8, 4) is 0 Å². The Morgan fingerprint density at radius 3 is 2.79 bits per heavy atom. The summed E-state index contributed by atoms with van der Waals surface area (Å²) in [6, 6.07) is 0.699. The molecular weight excluding hydrogens is 238 g/mol. The molecule has 3 heteroatoms. The van der Waals surface area contributed by atoms with Gasteiger partial charge >= 0.3 is 0 Å². The number of nitrogens with one attached hydrogen (secondary N) is 1. The summed E-state index contributed by atoms with van der Waals surface area (Å²) in [4.78, 5) is 0. The fourth-order valence-electron chi connectivity index (χ4n) is 4.40. The van der Waals surface area contributed by atoms with Gasteiger partial charge in [-0.25, -0.2) is 0 Å². The van der Waals surface area contributed by atoms with Gasteiger partial charge in [0.2, 0.25) is 0 Å². The Bertz CT molecular complexity index is 282. The lowest BCUT2D eigenvalue weighted by Gasteiger charge is -2.58. The van der Waals surface area contributed by atoms with E-state index in [0.717, 1.165) is 32.3 Å². The highest BCUT2D eigenvalue weighted by Gasteiger charge is 2.55. The second-order valence-corrected chi connectivity index (χ2v) is 6.66. The molecule has 1 saturated heterocycles. The molecule has 1 spiro atoms. The molecule has 0 aromatic carbocycles. The van der Waals surface area contributed by atoms with Crippen molar-refractivity contribution in [2.24, 2.45) is 11.3 Å². The fourth-order valence-corrected chi connectivity index (χ4v) is 4.40. The van der Waals surface area contributed by atoms with E-state index < -0.39 is 0 Å². The SMILES string of the molecule is CCOC1CC(NCC2CCOC2)C12CCCCC2. The van der Waals surface area contributed by atoms with Crippen molar-refractivity contribution in [2.75, 3.05) is 26.4 Å². The summed E-state index contributed by atoms with van der Waals surface area (Å²) in [6.07, 6.45) is 9.94. The number of hydrogen-bond donors (Lipinski definition) is 1. The van der Waals surface area contributed by atoms with Crippen LogP contribution in [-0.2, 0) is 9.47 Å². The third-order valence-electron chi connectivity index (χ3n) is 5.61. The molecule has 1 aliphatic heterocycles. The first-order valence-corrected chi connectivity index (χ1v) is 8.28. The van der Waals surface area contributed by atoms with Crippen LogP contribution in [0, 0.1) is 11.3 Å². The lowest BCUT2D eigenvalue weighted by molar-refractivity contribution is -0.150. The second kappa shape index (κ2) is 6.11. The summed E-state index contributed by atoms with van der Waals surface area (Å²) < 4.78 is 11.5. The molecular formula is C16H29NO2. The fraction of sp³-hybridized carbons (Fsp3) is 1.00. The van der Waals surface area contributed by atoms with Gasteiger partial charge in [0.05, 0.1) is 12.7 Å². The van der Waals surface area contributed by atoms with E-state index >= 15 is 0 Å². The number of ether oxygens (including phenoxy) is 2. The Morgan fingerprint density at radius 1 is 1.26 bits per heavy atom. The Hall–Kier alpha value is -0.120. The molecule has 0 radical (unpaired) electrons. The van der Waals surface area contributed by atoms with Crippen LogP contribution in [0.2, 0.25) is 0 Å². The lowest BCUT2D eigenvalue weighted by Crippen LogP contribution is -2.65. The van der Waals surface area contributed by atoms with Gasteiger partial charge in [-0.15, -0.1) is 0 Å². The maximum atomic E-state index is 6.01. The summed E-state index contributed by atoms with van der Waals surface area (Å²) in [5.41, 5.74) is 0.466. The van der Waals surface area contributed by atoms with Crippen molar-refractivity contribution < 1.29 is 9.47 Å². The summed E-state index contributed by atoms with van der Waals surface area (Å²) in [5, 5.41) is 3.85. The first-order chi connectivity index (χ1) is 9.35. The highest BCUT2D eigenvalue weighted by Crippen LogP contribution is 2.53. The first-order valence-electron chi connectivity index (χ1n) is 8.28. The van der Waals surface area contributed by atoms with Crippen molar-refractivity contribution in [3.63, 3.8) is 0 Å². The van der Waals surface area contributed by atoms with Crippen LogP contribution in [0.1, 0.15) is 51.9 Å². The van der Waals surface area contributed by atoms with E-state index in [0.29, 0.717) is 17.6 Å². The quantitative estimate of drug-likeness (QED) is 0.831. The minimum absolute atomic E-state index is 0.466. The van der Waals surface area contributed by atoms with E-state index in [9.17, 15) is 0 Å². The average Bonchev–Trinajstić information content (AvgIpc) is 2.96. The molecule has 0 amide bonds.